The molecule has 0 aliphatic carbocycles. The minimum absolute atomic E-state index is 0.00369. The lowest BCUT2D eigenvalue weighted by molar-refractivity contribution is -0.148. The Hall–Kier alpha value is -3.03. The number of amides is 1. The van der Waals surface area contributed by atoms with Crippen LogP contribution >= 0.6 is 0 Å². The van der Waals surface area contributed by atoms with Crippen molar-refractivity contribution in [3.05, 3.63) is 42.5 Å². The molecule has 7 nitrogen and oxygen atoms in total. The number of rotatable bonds is 7. The number of benzene rings is 1. The van der Waals surface area contributed by atoms with Crippen molar-refractivity contribution >= 4 is 29.2 Å². The lowest BCUT2D eigenvalue weighted by atomic mass is 10.3. The number of ether oxygens (including phenoxy) is 1. The van der Waals surface area contributed by atoms with E-state index < -0.39 is 5.97 Å². The van der Waals surface area contributed by atoms with Crippen LogP contribution in [-0.4, -0.2) is 27.9 Å². The van der Waals surface area contributed by atoms with Gasteiger partial charge in [0, 0.05) is 18.2 Å². The van der Waals surface area contributed by atoms with E-state index in [4.69, 9.17) is 4.74 Å². The minimum Gasteiger partial charge on any atom is -0.463 e. The molecule has 25 heavy (non-hydrogen) atoms. The molecule has 0 saturated carbocycles. The zero-order chi connectivity index (χ0) is 18.2. The molecular weight excluding hydrogens is 327 g/mol. The summed E-state index contributed by atoms with van der Waals surface area (Å²) < 4.78 is 17.9. The van der Waals surface area contributed by atoms with Crippen LogP contribution in [0.5, 0.6) is 0 Å². The summed E-state index contributed by atoms with van der Waals surface area (Å²) in [6.07, 6.45) is 1.07. The summed E-state index contributed by atoms with van der Waals surface area (Å²) in [5.74, 6) is -0.381. The van der Waals surface area contributed by atoms with Crippen LogP contribution in [0.3, 0.4) is 0 Å². The van der Waals surface area contributed by atoms with Crippen molar-refractivity contribution in [3.63, 3.8) is 0 Å². The molecule has 1 aromatic heterocycles. The Bertz CT molecular complexity index is 735. The van der Waals surface area contributed by atoms with Gasteiger partial charge in [-0.05, 0) is 38.1 Å². The lowest BCUT2D eigenvalue weighted by Crippen LogP contribution is -2.17. The molecule has 2 N–H and O–H groups in total. The molecule has 1 aromatic carbocycles. The molecule has 0 radical (unpaired) electrons. The van der Waals surface area contributed by atoms with E-state index in [1.807, 2.05) is 0 Å². The predicted molar refractivity (Wildman–Crippen MR) is 90.8 cm³/mol. The Morgan fingerprint density at radius 3 is 2.48 bits per heavy atom. The van der Waals surface area contributed by atoms with Crippen LogP contribution < -0.4 is 10.6 Å². The second kappa shape index (κ2) is 8.72. The number of aromatic nitrogens is 2. The van der Waals surface area contributed by atoms with E-state index >= 15 is 0 Å². The first-order valence-corrected chi connectivity index (χ1v) is 7.76. The molecule has 0 bridgehead atoms. The van der Waals surface area contributed by atoms with Crippen LogP contribution in [0.4, 0.5) is 21.7 Å². The normalized spacial score (nSPS) is 10.4. The maximum Gasteiger partial charge on any atom is 0.306 e. The molecule has 8 heteroatoms. The second-order valence-corrected chi connectivity index (χ2v) is 5.51. The van der Waals surface area contributed by atoms with E-state index in [1.165, 1.54) is 24.5 Å². The highest BCUT2D eigenvalue weighted by Gasteiger charge is 2.10. The Balaban J connectivity index is 1.89. The fraction of sp³-hybridized carbons (Fsp3) is 0.294. The Morgan fingerprint density at radius 1 is 1.12 bits per heavy atom. The molecule has 0 fully saturated rings. The molecule has 0 spiro atoms. The summed E-state index contributed by atoms with van der Waals surface area (Å²) in [5.41, 5.74) is 0.647. The topological polar surface area (TPSA) is 93.2 Å². The smallest absolute Gasteiger partial charge is 0.306 e. The second-order valence-electron chi connectivity index (χ2n) is 5.51. The average molecular weight is 346 g/mol. The van der Waals surface area contributed by atoms with E-state index in [0.29, 0.717) is 17.3 Å². The van der Waals surface area contributed by atoms with E-state index in [1.54, 1.807) is 26.0 Å². The number of carbonyl (C=O) groups excluding carboxylic acids is 2. The summed E-state index contributed by atoms with van der Waals surface area (Å²) in [6.45, 7) is 3.49. The number of nitrogens with one attached hydrogen (secondary N) is 2. The highest BCUT2D eigenvalue weighted by Crippen LogP contribution is 2.16. The van der Waals surface area contributed by atoms with Gasteiger partial charge in [0.15, 0.2) is 0 Å². The van der Waals surface area contributed by atoms with Crippen LogP contribution in [0.2, 0.25) is 0 Å². The molecule has 0 aliphatic heterocycles. The summed E-state index contributed by atoms with van der Waals surface area (Å²) in [4.78, 5) is 31.3. The molecule has 0 aliphatic rings. The largest absolute Gasteiger partial charge is 0.463 e. The third-order valence-electron chi connectivity index (χ3n) is 2.97. The van der Waals surface area contributed by atoms with Gasteiger partial charge in [-0.3, -0.25) is 9.59 Å². The van der Waals surface area contributed by atoms with Gasteiger partial charge in [0.25, 0.3) is 0 Å². The van der Waals surface area contributed by atoms with Gasteiger partial charge >= 0.3 is 5.97 Å². The maximum atomic E-state index is 12.9. The molecule has 132 valence electrons. The van der Waals surface area contributed by atoms with Crippen molar-refractivity contribution in [2.45, 2.75) is 32.8 Å². The number of hydrogen-bond donors (Lipinski definition) is 2. The molecular formula is C17H19FN4O3. The van der Waals surface area contributed by atoms with E-state index in [2.05, 4.69) is 20.6 Å². The zero-order valence-electron chi connectivity index (χ0n) is 14.0. The van der Waals surface area contributed by atoms with Crippen LogP contribution in [0.25, 0.3) is 0 Å². The van der Waals surface area contributed by atoms with Crippen LogP contribution in [-0.2, 0) is 14.3 Å². The van der Waals surface area contributed by atoms with Gasteiger partial charge in [0.1, 0.15) is 23.8 Å². The van der Waals surface area contributed by atoms with Crippen molar-refractivity contribution in [2.75, 3.05) is 10.6 Å². The SMILES string of the molecule is CC(C)OC(=O)CCC(=O)Nc1cc(Nc2ccc(F)cc2)ncn1. The maximum absolute atomic E-state index is 12.9. The zero-order valence-corrected chi connectivity index (χ0v) is 14.0. The quantitative estimate of drug-likeness (QED) is 0.749. The van der Waals surface area contributed by atoms with Gasteiger partial charge in [0.05, 0.1) is 12.5 Å². The molecule has 1 amide bonds. The number of hydrogen-bond acceptors (Lipinski definition) is 6. The summed E-state index contributed by atoms with van der Waals surface area (Å²) >= 11 is 0. The molecule has 2 aromatic rings. The first-order chi connectivity index (χ1) is 11.9. The molecule has 0 atom stereocenters. The van der Waals surface area contributed by atoms with Gasteiger partial charge in [-0.1, -0.05) is 0 Å². The monoisotopic (exact) mass is 346 g/mol. The first kappa shape index (κ1) is 18.3. The van der Waals surface area contributed by atoms with Crippen molar-refractivity contribution in [1.82, 2.24) is 9.97 Å². The highest BCUT2D eigenvalue weighted by molar-refractivity contribution is 5.92. The number of anilines is 3. The first-order valence-electron chi connectivity index (χ1n) is 7.76. The van der Waals surface area contributed by atoms with Gasteiger partial charge in [0.2, 0.25) is 5.91 Å². The van der Waals surface area contributed by atoms with E-state index in [-0.39, 0.29) is 30.7 Å². The fourth-order valence-electron chi connectivity index (χ4n) is 1.92. The average Bonchev–Trinajstić information content (AvgIpc) is 2.55. The van der Waals surface area contributed by atoms with Crippen LogP contribution in [0.15, 0.2) is 36.7 Å². The third kappa shape index (κ3) is 6.54. The number of carbonyl (C=O) groups is 2. The number of halogens is 1. The van der Waals surface area contributed by atoms with Gasteiger partial charge in [-0.25, -0.2) is 14.4 Å². The minimum atomic E-state index is -0.425. The summed E-state index contributed by atoms with van der Waals surface area (Å²) in [6, 6.07) is 7.31. The third-order valence-corrected chi connectivity index (χ3v) is 2.97. The Labute approximate surface area is 144 Å². The van der Waals surface area contributed by atoms with E-state index in [0.717, 1.165) is 0 Å². The number of nitrogens with zero attached hydrogens (tertiary/aromatic N) is 2. The fourth-order valence-corrected chi connectivity index (χ4v) is 1.92. The molecule has 0 unspecified atom stereocenters. The van der Waals surface area contributed by atoms with Crippen LogP contribution in [0.1, 0.15) is 26.7 Å². The number of esters is 1. The predicted octanol–water partition coefficient (Wildman–Crippen LogP) is 3.03. The van der Waals surface area contributed by atoms with Crippen molar-refractivity contribution < 1.29 is 18.7 Å². The highest BCUT2D eigenvalue weighted by atomic mass is 19.1. The summed E-state index contributed by atoms with van der Waals surface area (Å²) in [5, 5.41) is 5.56. The molecule has 1 heterocycles. The summed E-state index contributed by atoms with van der Waals surface area (Å²) in [7, 11) is 0. The Morgan fingerprint density at radius 2 is 1.80 bits per heavy atom. The van der Waals surface area contributed by atoms with E-state index in [9.17, 15) is 14.0 Å². The van der Waals surface area contributed by atoms with Crippen molar-refractivity contribution in [2.24, 2.45) is 0 Å². The standard InChI is InChI=1S/C17H19FN4O3/c1-11(2)25-17(24)8-7-16(23)22-15-9-14(19-10-20-15)21-13-5-3-12(18)4-6-13/h3-6,9-11H,7-8H2,1-2H3,(H2,19,20,21,22,23). The lowest BCUT2D eigenvalue weighted by Gasteiger charge is -2.09. The van der Waals surface area contributed by atoms with Crippen LogP contribution in [0, 0.1) is 5.82 Å². The molecule has 2 rings (SSSR count). The van der Waals surface area contributed by atoms with Gasteiger partial charge in [-0.15, -0.1) is 0 Å². The van der Waals surface area contributed by atoms with Gasteiger partial charge in [-0.2, -0.15) is 0 Å². The van der Waals surface area contributed by atoms with Crippen molar-refractivity contribution in [1.29, 1.82) is 0 Å². The Kier molecular flexibility index (Phi) is 6.39. The van der Waals surface area contributed by atoms with Crippen molar-refractivity contribution in [3.8, 4) is 0 Å². The molecule has 0 saturated heterocycles. The van der Waals surface area contributed by atoms with Gasteiger partial charge < -0.3 is 15.4 Å².